The van der Waals surface area contributed by atoms with Crippen LogP contribution in [0.5, 0.6) is 0 Å². The quantitative estimate of drug-likeness (QED) is 0.873. The normalized spacial score (nSPS) is 24.8. The third-order valence-electron chi connectivity index (χ3n) is 3.68. The number of anilines is 1. The molecule has 1 aromatic carbocycles. The first-order valence-corrected chi connectivity index (χ1v) is 7.22. The Bertz CT molecular complexity index is 529. The Balaban J connectivity index is 1.97. The molecule has 3 atom stereocenters. The molecule has 1 fully saturated rings. The summed E-state index contributed by atoms with van der Waals surface area (Å²) >= 11 is 0. The molecule has 1 aromatic rings. The number of hydrogen-bond acceptors (Lipinski definition) is 3. The monoisotopic (exact) mass is 291 g/mol. The molecule has 1 aliphatic heterocycles. The number of rotatable bonds is 5. The standard InChI is InChI=1S/C16H21NO4/c1-10-8-11(2)21-15(10)16(20)17-13-5-3-4-12(9-13)6-7-14(18)19/h3-5,9-11,15H,6-8H2,1-2H3,(H,17,20)(H,18,19). The van der Waals surface area contributed by atoms with Crippen molar-refractivity contribution in [2.75, 3.05) is 5.32 Å². The molecule has 1 saturated heterocycles. The number of carboxylic acid groups (broad SMARTS) is 1. The molecule has 21 heavy (non-hydrogen) atoms. The number of ether oxygens (including phenoxy) is 1. The van der Waals surface area contributed by atoms with E-state index in [0.29, 0.717) is 12.1 Å². The van der Waals surface area contributed by atoms with Crippen LogP contribution >= 0.6 is 0 Å². The second-order valence-corrected chi connectivity index (χ2v) is 5.66. The van der Waals surface area contributed by atoms with Gasteiger partial charge in [0.1, 0.15) is 6.10 Å². The summed E-state index contributed by atoms with van der Waals surface area (Å²) < 4.78 is 5.63. The van der Waals surface area contributed by atoms with Crippen LogP contribution in [0.3, 0.4) is 0 Å². The molecular weight excluding hydrogens is 270 g/mol. The van der Waals surface area contributed by atoms with E-state index in [1.165, 1.54) is 0 Å². The largest absolute Gasteiger partial charge is 0.481 e. The molecule has 1 amide bonds. The maximum atomic E-state index is 12.2. The van der Waals surface area contributed by atoms with E-state index in [9.17, 15) is 9.59 Å². The summed E-state index contributed by atoms with van der Waals surface area (Å²) in [5.74, 6) is -0.760. The van der Waals surface area contributed by atoms with Gasteiger partial charge in [0, 0.05) is 12.1 Å². The number of carbonyl (C=O) groups is 2. The summed E-state index contributed by atoms with van der Waals surface area (Å²) in [5.41, 5.74) is 1.57. The van der Waals surface area contributed by atoms with Gasteiger partial charge in [0.05, 0.1) is 6.10 Å². The van der Waals surface area contributed by atoms with E-state index < -0.39 is 12.1 Å². The van der Waals surface area contributed by atoms with E-state index in [1.807, 2.05) is 32.0 Å². The lowest BCUT2D eigenvalue weighted by Gasteiger charge is -2.15. The molecule has 114 valence electrons. The highest BCUT2D eigenvalue weighted by molar-refractivity contribution is 5.94. The van der Waals surface area contributed by atoms with Gasteiger partial charge in [-0.1, -0.05) is 19.1 Å². The van der Waals surface area contributed by atoms with Crippen molar-refractivity contribution in [3.8, 4) is 0 Å². The molecule has 5 heteroatoms. The topological polar surface area (TPSA) is 75.6 Å². The number of amides is 1. The van der Waals surface area contributed by atoms with Gasteiger partial charge in [-0.25, -0.2) is 0 Å². The van der Waals surface area contributed by atoms with Gasteiger partial charge in [-0.05, 0) is 43.4 Å². The maximum absolute atomic E-state index is 12.2. The van der Waals surface area contributed by atoms with Crippen molar-refractivity contribution in [1.29, 1.82) is 0 Å². The Labute approximate surface area is 124 Å². The SMILES string of the molecule is CC1CC(C)C(C(=O)Nc2cccc(CCC(=O)O)c2)O1. The Morgan fingerprint density at radius 3 is 2.76 bits per heavy atom. The van der Waals surface area contributed by atoms with Gasteiger partial charge < -0.3 is 15.2 Å². The molecule has 0 aliphatic carbocycles. The lowest BCUT2D eigenvalue weighted by molar-refractivity contribution is -0.137. The molecular formula is C16H21NO4. The minimum Gasteiger partial charge on any atom is -0.481 e. The average molecular weight is 291 g/mol. The summed E-state index contributed by atoms with van der Waals surface area (Å²) in [6, 6.07) is 7.28. The van der Waals surface area contributed by atoms with Gasteiger partial charge in [-0.3, -0.25) is 9.59 Å². The molecule has 0 aromatic heterocycles. The average Bonchev–Trinajstić information content (AvgIpc) is 2.76. The van der Waals surface area contributed by atoms with Gasteiger partial charge in [-0.2, -0.15) is 0 Å². The molecule has 0 radical (unpaired) electrons. The first-order valence-electron chi connectivity index (χ1n) is 7.22. The molecule has 2 N–H and O–H groups in total. The van der Waals surface area contributed by atoms with Gasteiger partial charge in [0.2, 0.25) is 0 Å². The number of carbonyl (C=O) groups excluding carboxylic acids is 1. The van der Waals surface area contributed by atoms with Gasteiger partial charge in [0.25, 0.3) is 5.91 Å². The number of benzene rings is 1. The Hall–Kier alpha value is -1.88. The van der Waals surface area contributed by atoms with Crippen molar-refractivity contribution >= 4 is 17.6 Å². The van der Waals surface area contributed by atoms with Gasteiger partial charge in [-0.15, -0.1) is 0 Å². The summed E-state index contributed by atoms with van der Waals surface area (Å²) in [6.07, 6.45) is 1.11. The van der Waals surface area contributed by atoms with Crippen LogP contribution in [0.4, 0.5) is 5.69 Å². The van der Waals surface area contributed by atoms with E-state index in [2.05, 4.69) is 5.32 Å². The van der Waals surface area contributed by atoms with Gasteiger partial charge in [0.15, 0.2) is 0 Å². The zero-order valence-corrected chi connectivity index (χ0v) is 12.3. The highest BCUT2D eigenvalue weighted by atomic mass is 16.5. The van der Waals surface area contributed by atoms with Crippen molar-refractivity contribution in [2.24, 2.45) is 5.92 Å². The van der Waals surface area contributed by atoms with Crippen molar-refractivity contribution in [3.05, 3.63) is 29.8 Å². The Morgan fingerprint density at radius 1 is 1.38 bits per heavy atom. The molecule has 3 unspecified atom stereocenters. The zero-order valence-electron chi connectivity index (χ0n) is 12.3. The van der Waals surface area contributed by atoms with Crippen LogP contribution in [0.2, 0.25) is 0 Å². The first-order chi connectivity index (χ1) is 9.95. The molecule has 0 saturated carbocycles. The van der Waals surface area contributed by atoms with Crippen LogP contribution in [0.15, 0.2) is 24.3 Å². The second-order valence-electron chi connectivity index (χ2n) is 5.66. The van der Waals surface area contributed by atoms with E-state index >= 15 is 0 Å². The molecule has 5 nitrogen and oxygen atoms in total. The van der Waals surface area contributed by atoms with E-state index in [4.69, 9.17) is 9.84 Å². The highest BCUT2D eigenvalue weighted by Gasteiger charge is 2.34. The van der Waals surface area contributed by atoms with Crippen LogP contribution in [-0.2, 0) is 20.7 Å². The highest BCUT2D eigenvalue weighted by Crippen LogP contribution is 2.26. The third-order valence-corrected chi connectivity index (χ3v) is 3.68. The predicted molar refractivity (Wildman–Crippen MR) is 79.1 cm³/mol. The smallest absolute Gasteiger partial charge is 0.303 e. The summed E-state index contributed by atoms with van der Waals surface area (Å²) in [5, 5.41) is 11.6. The zero-order chi connectivity index (χ0) is 15.4. The minimum absolute atomic E-state index is 0.0810. The van der Waals surface area contributed by atoms with Crippen molar-refractivity contribution in [2.45, 2.75) is 45.3 Å². The number of hydrogen-bond donors (Lipinski definition) is 2. The van der Waals surface area contributed by atoms with Crippen LogP contribution in [0.25, 0.3) is 0 Å². The molecule has 2 rings (SSSR count). The van der Waals surface area contributed by atoms with Crippen molar-refractivity contribution in [1.82, 2.24) is 0 Å². The predicted octanol–water partition coefficient (Wildman–Crippen LogP) is 2.46. The van der Waals surface area contributed by atoms with Crippen LogP contribution in [0.1, 0.15) is 32.3 Å². The summed E-state index contributed by atoms with van der Waals surface area (Å²) in [7, 11) is 0. The second kappa shape index (κ2) is 6.72. The van der Waals surface area contributed by atoms with Crippen LogP contribution in [0, 0.1) is 5.92 Å². The van der Waals surface area contributed by atoms with Crippen molar-refractivity contribution < 1.29 is 19.4 Å². The lowest BCUT2D eigenvalue weighted by atomic mass is 10.0. The van der Waals surface area contributed by atoms with Gasteiger partial charge >= 0.3 is 5.97 Å². The molecule has 1 aliphatic rings. The fourth-order valence-electron chi connectivity index (χ4n) is 2.68. The maximum Gasteiger partial charge on any atom is 0.303 e. The van der Waals surface area contributed by atoms with E-state index in [-0.39, 0.29) is 24.3 Å². The first kappa shape index (κ1) is 15.5. The number of carboxylic acids is 1. The minimum atomic E-state index is -0.827. The fraction of sp³-hybridized carbons (Fsp3) is 0.500. The fourth-order valence-corrected chi connectivity index (χ4v) is 2.68. The van der Waals surface area contributed by atoms with E-state index in [0.717, 1.165) is 12.0 Å². The van der Waals surface area contributed by atoms with Crippen LogP contribution in [-0.4, -0.2) is 29.2 Å². The summed E-state index contributed by atoms with van der Waals surface area (Å²) in [4.78, 5) is 22.8. The van der Waals surface area contributed by atoms with Crippen LogP contribution < -0.4 is 5.32 Å². The molecule has 0 spiro atoms. The number of aryl methyl sites for hydroxylation is 1. The lowest BCUT2D eigenvalue weighted by Crippen LogP contribution is -2.31. The Kier molecular flexibility index (Phi) is 4.96. The summed E-state index contributed by atoms with van der Waals surface area (Å²) in [6.45, 7) is 3.98. The third kappa shape index (κ3) is 4.29. The van der Waals surface area contributed by atoms with E-state index in [1.54, 1.807) is 6.07 Å². The number of nitrogens with one attached hydrogen (secondary N) is 1. The van der Waals surface area contributed by atoms with Crippen molar-refractivity contribution in [3.63, 3.8) is 0 Å². The Morgan fingerprint density at radius 2 is 2.14 bits per heavy atom. The molecule has 0 bridgehead atoms. The number of aliphatic carboxylic acids is 1. The molecule has 1 heterocycles.